The third-order valence-corrected chi connectivity index (χ3v) is 4.47. The Morgan fingerprint density at radius 1 is 1.26 bits per heavy atom. The van der Waals surface area contributed by atoms with Crippen LogP contribution in [0.2, 0.25) is 0 Å². The van der Waals surface area contributed by atoms with Crippen molar-refractivity contribution < 1.29 is 0 Å². The van der Waals surface area contributed by atoms with E-state index in [4.69, 9.17) is 18.0 Å². The van der Waals surface area contributed by atoms with Crippen LogP contribution in [0.5, 0.6) is 0 Å². The van der Waals surface area contributed by atoms with Crippen molar-refractivity contribution in [1.29, 1.82) is 0 Å². The van der Waals surface area contributed by atoms with Crippen molar-refractivity contribution in [2.24, 2.45) is 5.73 Å². The molecule has 0 bridgehead atoms. The summed E-state index contributed by atoms with van der Waals surface area (Å²) in [7, 11) is 0. The number of hydrogen-bond donors (Lipinski definition) is 2. The molecule has 0 saturated heterocycles. The molecule has 4 heteroatoms. The highest BCUT2D eigenvalue weighted by atomic mass is 32.1. The Kier molecular flexibility index (Phi) is 4.22. The average molecular weight is 290 g/mol. The van der Waals surface area contributed by atoms with Crippen LogP contribution in [0.4, 0.5) is 5.69 Å². The number of anilines is 1. The highest BCUT2D eigenvalue weighted by molar-refractivity contribution is 7.80. The van der Waals surface area contributed by atoms with Gasteiger partial charge in [0.1, 0.15) is 4.99 Å². The van der Waals surface area contributed by atoms with Gasteiger partial charge in [-0.15, -0.1) is 11.3 Å². The maximum atomic E-state index is 5.67. The zero-order chi connectivity index (χ0) is 14.0. The minimum absolute atomic E-state index is 0.300. The molecule has 19 heavy (non-hydrogen) atoms. The molecule has 0 fully saturated rings. The van der Waals surface area contributed by atoms with Crippen LogP contribution >= 0.6 is 23.6 Å². The SMILES string of the molecule is Cc1ccc(C(C)Nc2ccc(C(N)=S)c(C)c2)s1. The van der Waals surface area contributed by atoms with Crippen LogP contribution in [-0.2, 0) is 0 Å². The molecule has 1 unspecified atom stereocenters. The Morgan fingerprint density at radius 3 is 2.53 bits per heavy atom. The fourth-order valence-corrected chi connectivity index (χ4v) is 3.15. The predicted molar refractivity (Wildman–Crippen MR) is 88.2 cm³/mol. The normalized spacial score (nSPS) is 12.2. The first-order valence-corrected chi connectivity index (χ1v) is 7.43. The molecule has 1 aromatic carbocycles. The van der Waals surface area contributed by atoms with E-state index < -0.39 is 0 Å². The number of nitrogens with two attached hydrogens (primary N) is 1. The summed E-state index contributed by atoms with van der Waals surface area (Å²) >= 11 is 6.84. The summed E-state index contributed by atoms with van der Waals surface area (Å²) in [5.41, 5.74) is 8.81. The lowest BCUT2D eigenvalue weighted by atomic mass is 10.1. The monoisotopic (exact) mass is 290 g/mol. The van der Waals surface area contributed by atoms with Crippen LogP contribution in [0.25, 0.3) is 0 Å². The van der Waals surface area contributed by atoms with Crippen molar-refractivity contribution in [3.8, 4) is 0 Å². The molecule has 1 heterocycles. The fourth-order valence-electron chi connectivity index (χ4n) is 2.04. The lowest BCUT2D eigenvalue weighted by Crippen LogP contribution is -2.12. The van der Waals surface area contributed by atoms with Gasteiger partial charge in [0.15, 0.2) is 0 Å². The van der Waals surface area contributed by atoms with Gasteiger partial charge in [0.2, 0.25) is 0 Å². The van der Waals surface area contributed by atoms with Crippen LogP contribution in [-0.4, -0.2) is 4.99 Å². The van der Waals surface area contributed by atoms with E-state index in [9.17, 15) is 0 Å². The van der Waals surface area contributed by atoms with E-state index in [-0.39, 0.29) is 0 Å². The first-order valence-electron chi connectivity index (χ1n) is 6.20. The summed E-state index contributed by atoms with van der Waals surface area (Å²) in [6.07, 6.45) is 0. The number of thiocarbonyl (C=S) groups is 1. The Hall–Kier alpha value is -1.39. The second-order valence-corrected chi connectivity index (χ2v) is 6.47. The van der Waals surface area contributed by atoms with Crippen LogP contribution < -0.4 is 11.1 Å². The molecule has 100 valence electrons. The summed E-state index contributed by atoms with van der Waals surface area (Å²) in [5, 5.41) is 3.50. The van der Waals surface area contributed by atoms with Crippen LogP contribution in [0.15, 0.2) is 30.3 Å². The summed E-state index contributed by atoms with van der Waals surface area (Å²) in [4.78, 5) is 3.13. The number of aryl methyl sites for hydroxylation is 2. The van der Waals surface area contributed by atoms with Gasteiger partial charge < -0.3 is 11.1 Å². The molecular formula is C15H18N2S2. The first kappa shape index (κ1) is 14.0. The molecule has 0 aliphatic rings. The van der Waals surface area contributed by atoms with Gasteiger partial charge >= 0.3 is 0 Å². The molecule has 2 rings (SSSR count). The van der Waals surface area contributed by atoms with Crippen molar-refractivity contribution in [3.63, 3.8) is 0 Å². The highest BCUT2D eigenvalue weighted by Gasteiger charge is 2.09. The van der Waals surface area contributed by atoms with Gasteiger partial charge in [-0.2, -0.15) is 0 Å². The van der Waals surface area contributed by atoms with Gasteiger partial charge in [0.25, 0.3) is 0 Å². The molecule has 0 radical (unpaired) electrons. The Balaban J connectivity index is 2.15. The molecule has 0 saturated carbocycles. The zero-order valence-corrected chi connectivity index (χ0v) is 13.0. The third-order valence-electron chi connectivity index (χ3n) is 3.06. The Labute approximate surface area is 123 Å². The van der Waals surface area contributed by atoms with E-state index in [1.807, 2.05) is 30.4 Å². The van der Waals surface area contributed by atoms with E-state index in [0.29, 0.717) is 11.0 Å². The molecule has 0 aliphatic carbocycles. The number of hydrogen-bond acceptors (Lipinski definition) is 3. The van der Waals surface area contributed by atoms with Crippen molar-refractivity contribution in [3.05, 3.63) is 51.2 Å². The third kappa shape index (κ3) is 3.33. The lowest BCUT2D eigenvalue weighted by molar-refractivity contribution is 0.908. The van der Waals surface area contributed by atoms with E-state index in [0.717, 1.165) is 16.8 Å². The van der Waals surface area contributed by atoms with E-state index >= 15 is 0 Å². The number of thiophene rings is 1. The molecule has 2 aromatic rings. The Morgan fingerprint density at radius 2 is 2.00 bits per heavy atom. The van der Waals surface area contributed by atoms with Crippen molar-refractivity contribution in [1.82, 2.24) is 0 Å². The minimum Gasteiger partial charge on any atom is -0.389 e. The van der Waals surface area contributed by atoms with Crippen molar-refractivity contribution in [2.45, 2.75) is 26.8 Å². The largest absolute Gasteiger partial charge is 0.389 e. The molecule has 0 aliphatic heterocycles. The standard InChI is InChI=1S/C15H18N2S2/c1-9-8-12(5-6-13(9)15(16)18)17-11(3)14-7-4-10(2)19-14/h4-8,11,17H,1-3H3,(H2,16,18). The fraction of sp³-hybridized carbons (Fsp3) is 0.267. The minimum atomic E-state index is 0.300. The smallest absolute Gasteiger partial charge is 0.104 e. The van der Waals surface area contributed by atoms with Gasteiger partial charge in [-0.25, -0.2) is 0 Å². The molecular weight excluding hydrogens is 272 g/mol. The predicted octanol–water partition coefficient (Wildman–Crippen LogP) is 4.17. The van der Waals surface area contributed by atoms with E-state index in [2.05, 4.69) is 37.4 Å². The number of rotatable bonds is 4. The van der Waals surface area contributed by atoms with Crippen LogP contribution in [0, 0.1) is 13.8 Å². The van der Waals surface area contributed by atoms with E-state index in [1.165, 1.54) is 9.75 Å². The summed E-state index contributed by atoms with van der Waals surface area (Å²) in [5.74, 6) is 0. The van der Waals surface area contributed by atoms with Crippen LogP contribution in [0.3, 0.4) is 0 Å². The van der Waals surface area contributed by atoms with Crippen molar-refractivity contribution >= 4 is 34.2 Å². The summed E-state index contributed by atoms with van der Waals surface area (Å²) in [6, 6.07) is 10.7. The quantitative estimate of drug-likeness (QED) is 0.830. The Bertz CT molecular complexity index is 602. The topological polar surface area (TPSA) is 38.0 Å². The number of benzene rings is 1. The van der Waals surface area contributed by atoms with Crippen molar-refractivity contribution in [2.75, 3.05) is 5.32 Å². The second-order valence-electron chi connectivity index (χ2n) is 4.71. The molecule has 0 spiro atoms. The summed E-state index contributed by atoms with van der Waals surface area (Å²) in [6.45, 7) is 6.32. The first-order chi connectivity index (χ1) is 8.97. The lowest BCUT2D eigenvalue weighted by Gasteiger charge is -2.15. The van der Waals surface area contributed by atoms with Gasteiger partial charge in [0, 0.05) is 21.0 Å². The highest BCUT2D eigenvalue weighted by Crippen LogP contribution is 2.26. The average Bonchev–Trinajstić information content (AvgIpc) is 2.75. The molecule has 0 amide bonds. The van der Waals surface area contributed by atoms with Gasteiger partial charge in [-0.3, -0.25) is 0 Å². The molecule has 3 N–H and O–H groups in total. The maximum Gasteiger partial charge on any atom is 0.104 e. The molecule has 2 nitrogen and oxygen atoms in total. The van der Waals surface area contributed by atoms with Crippen LogP contribution in [0.1, 0.15) is 33.8 Å². The molecule has 1 atom stereocenters. The second kappa shape index (κ2) is 5.72. The van der Waals surface area contributed by atoms with Gasteiger partial charge in [0.05, 0.1) is 6.04 Å². The summed E-state index contributed by atoms with van der Waals surface area (Å²) < 4.78 is 0. The molecule has 1 aromatic heterocycles. The van der Waals surface area contributed by atoms with E-state index in [1.54, 1.807) is 0 Å². The van der Waals surface area contributed by atoms with Gasteiger partial charge in [-0.05, 0) is 56.7 Å². The van der Waals surface area contributed by atoms with Gasteiger partial charge in [-0.1, -0.05) is 12.2 Å². The maximum absolute atomic E-state index is 5.67. The number of nitrogens with one attached hydrogen (secondary N) is 1. The zero-order valence-electron chi connectivity index (χ0n) is 11.4.